The fourth-order valence-electron chi connectivity index (χ4n) is 3.18. The van der Waals surface area contributed by atoms with Crippen molar-refractivity contribution in [2.75, 3.05) is 13.6 Å². The zero-order chi connectivity index (χ0) is 12.3. The van der Waals surface area contributed by atoms with E-state index in [1.54, 1.807) is 0 Å². The highest BCUT2D eigenvalue weighted by molar-refractivity contribution is 5.77. The molecule has 2 fully saturated rings. The van der Waals surface area contributed by atoms with Crippen molar-refractivity contribution in [3.05, 3.63) is 0 Å². The third-order valence-electron chi connectivity index (χ3n) is 4.89. The summed E-state index contributed by atoms with van der Waals surface area (Å²) in [6.45, 7) is 0.678. The topological polar surface area (TPSA) is 46.3 Å². The molecule has 2 aliphatic rings. The molecule has 2 N–H and O–H groups in total. The zero-order valence-corrected chi connectivity index (χ0v) is 11.1. The van der Waals surface area contributed by atoms with Crippen molar-refractivity contribution in [1.82, 2.24) is 4.90 Å². The van der Waals surface area contributed by atoms with Crippen LogP contribution < -0.4 is 5.73 Å². The van der Waals surface area contributed by atoms with Crippen LogP contribution in [0.1, 0.15) is 57.8 Å². The molecular weight excluding hydrogens is 212 g/mol. The van der Waals surface area contributed by atoms with E-state index in [4.69, 9.17) is 5.73 Å². The zero-order valence-electron chi connectivity index (χ0n) is 11.1. The lowest BCUT2D eigenvalue weighted by molar-refractivity contribution is -0.136. The van der Waals surface area contributed by atoms with Crippen LogP contribution >= 0.6 is 0 Å². The summed E-state index contributed by atoms with van der Waals surface area (Å²) < 4.78 is 0. The van der Waals surface area contributed by atoms with E-state index in [0.717, 1.165) is 12.8 Å². The third-order valence-corrected chi connectivity index (χ3v) is 4.89. The third kappa shape index (κ3) is 2.82. The Kier molecular flexibility index (Phi) is 4.08. The van der Waals surface area contributed by atoms with E-state index in [0.29, 0.717) is 24.9 Å². The highest BCUT2D eigenvalue weighted by Gasteiger charge is 2.35. The van der Waals surface area contributed by atoms with Crippen LogP contribution in [0, 0.1) is 5.41 Å². The predicted octanol–water partition coefficient (Wildman–Crippen LogP) is 2.30. The smallest absolute Gasteiger partial charge is 0.223 e. The number of nitrogens with two attached hydrogens (primary N) is 1. The van der Waals surface area contributed by atoms with Crippen LogP contribution in [0.5, 0.6) is 0 Å². The van der Waals surface area contributed by atoms with Gasteiger partial charge in [0.15, 0.2) is 0 Å². The highest BCUT2D eigenvalue weighted by Crippen LogP contribution is 2.39. The minimum atomic E-state index is 0.118. The Morgan fingerprint density at radius 2 is 1.88 bits per heavy atom. The second-order valence-electron chi connectivity index (χ2n) is 6.03. The summed E-state index contributed by atoms with van der Waals surface area (Å²) in [6, 6.07) is 0.515. The molecule has 0 aromatic heterocycles. The Morgan fingerprint density at radius 3 is 2.35 bits per heavy atom. The molecule has 3 heteroatoms. The molecule has 0 aromatic rings. The lowest BCUT2D eigenvalue weighted by Crippen LogP contribution is -2.45. The average molecular weight is 238 g/mol. The van der Waals surface area contributed by atoms with E-state index in [-0.39, 0.29) is 5.41 Å². The Morgan fingerprint density at radius 1 is 1.24 bits per heavy atom. The summed E-state index contributed by atoms with van der Waals surface area (Å²) in [5.41, 5.74) is 6.06. The van der Waals surface area contributed by atoms with Gasteiger partial charge in [-0.25, -0.2) is 0 Å². The molecule has 0 aromatic carbocycles. The molecule has 3 nitrogen and oxygen atoms in total. The minimum absolute atomic E-state index is 0.118. The van der Waals surface area contributed by atoms with Crippen molar-refractivity contribution in [3.8, 4) is 0 Å². The van der Waals surface area contributed by atoms with Crippen molar-refractivity contribution in [2.45, 2.75) is 63.8 Å². The maximum atomic E-state index is 12.3. The van der Waals surface area contributed by atoms with Gasteiger partial charge in [0.25, 0.3) is 0 Å². The van der Waals surface area contributed by atoms with Crippen LogP contribution in [0.15, 0.2) is 0 Å². The van der Waals surface area contributed by atoms with Gasteiger partial charge in [-0.2, -0.15) is 0 Å². The average Bonchev–Trinajstić information content (AvgIpc) is 2.28. The van der Waals surface area contributed by atoms with Gasteiger partial charge in [0, 0.05) is 19.5 Å². The van der Waals surface area contributed by atoms with E-state index in [1.807, 2.05) is 11.9 Å². The number of carbonyl (C=O) groups excluding carboxylic acids is 1. The molecule has 2 rings (SSSR count). The predicted molar refractivity (Wildman–Crippen MR) is 69.6 cm³/mol. The first-order chi connectivity index (χ1) is 8.17. The molecule has 0 saturated heterocycles. The van der Waals surface area contributed by atoms with Crippen LogP contribution in [0.4, 0.5) is 0 Å². The summed E-state index contributed by atoms with van der Waals surface area (Å²) in [4.78, 5) is 14.3. The van der Waals surface area contributed by atoms with Crippen LogP contribution in [0.25, 0.3) is 0 Å². The molecule has 2 saturated carbocycles. The van der Waals surface area contributed by atoms with Gasteiger partial charge in [-0.3, -0.25) is 4.79 Å². The van der Waals surface area contributed by atoms with Gasteiger partial charge in [0.05, 0.1) is 0 Å². The molecule has 0 heterocycles. The first kappa shape index (κ1) is 12.9. The quantitative estimate of drug-likeness (QED) is 0.817. The fourth-order valence-corrected chi connectivity index (χ4v) is 3.18. The Labute approximate surface area is 105 Å². The van der Waals surface area contributed by atoms with Crippen molar-refractivity contribution >= 4 is 5.91 Å². The number of rotatable bonds is 4. The molecule has 0 unspecified atom stereocenters. The first-order valence-electron chi connectivity index (χ1n) is 7.13. The SMILES string of the molecule is CN(C(=O)CC1(CN)CCCCC1)C1CCC1. The fraction of sp³-hybridized carbons (Fsp3) is 0.929. The van der Waals surface area contributed by atoms with Gasteiger partial charge in [-0.05, 0) is 44.1 Å². The molecular formula is C14H26N2O. The molecule has 1 amide bonds. The second-order valence-corrected chi connectivity index (χ2v) is 6.03. The number of nitrogens with zero attached hydrogens (tertiary/aromatic N) is 1. The molecule has 0 spiro atoms. The van der Waals surface area contributed by atoms with E-state index in [1.165, 1.54) is 38.5 Å². The summed E-state index contributed by atoms with van der Waals surface area (Å²) in [5, 5.41) is 0. The van der Waals surface area contributed by atoms with E-state index < -0.39 is 0 Å². The van der Waals surface area contributed by atoms with E-state index >= 15 is 0 Å². The van der Waals surface area contributed by atoms with Crippen molar-refractivity contribution in [3.63, 3.8) is 0 Å². The summed E-state index contributed by atoms with van der Waals surface area (Å²) in [6.07, 6.45) is 10.4. The molecule has 0 atom stereocenters. The van der Waals surface area contributed by atoms with Crippen LogP contribution in [-0.2, 0) is 4.79 Å². The van der Waals surface area contributed by atoms with Crippen molar-refractivity contribution in [1.29, 1.82) is 0 Å². The molecule has 17 heavy (non-hydrogen) atoms. The normalized spacial score (nSPS) is 24.1. The van der Waals surface area contributed by atoms with Crippen LogP contribution in [0.2, 0.25) is 0 Å². The van der Waals surface area contributed by atoms with Gasteiger partial charge in [-0.1, -0.05) is 19.3 Å². The molecule has 0 bridgehead atoms. The number of amides is 1. The second kappa shape index (κ2) is 5.38. The Balaban J connectivity index is 1.90. The first-order valence-corrected chi connectivity index (χ1v) is 7.13. The monoisotopic (exact) mass is 238 g/mol. The van der Waals surface area contributed by atoms with E-state index in [2.05, 4.69) is 0 Å². The lowest BCUT2D eigenvalue weighted by Gasteiger charge is -2.40. The maximum Gasteiger partial charge on any atom is 0.223 e. The van der Waals surface area contributed by atoms with Gasteiger partial charge in [0.2, 0.25) is 5.91 Å². The van der Waals surface area contributed by atoms with Gasteiger partial charge in [-0.15, -0.1) is 0 Å². The molecule has 2 aliphatic carbocycles. The molecule has 0 aliphatic heterocycles. The Hall–Kier alpha value is -0.570. The lowest BCUT2D eigenvalue weighted by atomic mass is 9.71. The minimum Gasteiger partial charge on any atom is -0.343 e. The number of hydrogen-bond donors (Lipinski definition) is 1. The summed E-state index contributed by atoms with van der Waals surface area (Å²) in [7, 11) is 1.97. The van der Waals surface area contributed by atoms with Crippen molar-refractivity contribution in [2.24, 2.45) is 11.1 Å². The summed E-state index contributed by atoms with van der Waals surface area (Å²) in [5.74, 6) is 0.321. The van der Waals surface area contributed by atoms with Gasteiger partial charge < -0.3 is 10.6 Å². The highest BCUT2D eigenvalue weighted by atomic mass is 16.2. The van der Waals surface area contributed by atoms with Gasteiger partial charge >= 0.3 is 0 Å². The maximum absolute atomic E-state index is 12.3. The standard InChI is InChI=1S/C14H26N2O/c1-16(12-6-5-7-12)13(17)10-14(11-15)8-3-2-4-9-14/h12H,2-11,15H2,1H3. The number of carbonyl (C=O) groups is 1. The van der Waals surface area contributed by atoms with Gasteiger partial charge in [0.1, 0.15) is 0 Å². The largest absolute Gasteiger partial charge is 0.343 e. The molecule has 0 radical (unpaired) electrons. The number of hydrogen-bond acceptors (Lipinski definition) is 2. The van der Waals surface area contributed by atoms with E-state index in [9.17, 15) is 4.79 Å². The molecule has 98 valence electrons. The summed E-state index contributed by atoms with van der Waals surface area (Å²) >= 11 is 0. The van der Waals surface area contributed by atoms with Crippen molar-refractivity contribution < 1.29 is 4.79 Å². The van der Waals surface area contributed by atoms with Crippen LogP contribution in [0.3, 0.4) is 0 Å². The Bertz CT molecular complexity index is 267. The van der Waals surface area contributed by atoms with Crippen LogP contribution in [-0.4, -0.2) is 30.4 Å².